The van der Waals surface area contributed by atoms with E-state index in [1.807, 2.05) is 45.0 Å². The molecule has 0 unspecified atom stereocenters. The average Bonchev–Trinajstić information content (AvgIpc) is 2.85. The Morgan fingerprint density at radius 2 is 1.83 bits per heavy atom. The van der Waals surface area contributed by atoms with Crippen LogP contribution in [-0.2, 0) is 4.79 Å². The normalized spacial score (nSPS) is 12.4. The summed E-state index contributed by atoms with van der Waals surface area (Å²) in [7, 11) is 3.51. The molecule has 7 heteroatoms. The molecule has 6 nitrogen and oxygen atoms in total. The molecular weight excluding hydrogens is 310 g/mol. The largest absolute Gasteiger partial charge is 0.348 e. The summed E-state index contributed by atoms with van der Waals surface area (Å²) in [6, 6.07) is 7.93. The van der Waals surface area contributed by atoms with Gasteiger partial charge >= 0.3 is 0 Å². The number of nitrogens with two attached hydrogens (primary N) is 1. The van der Waals surface area contributed by atoms with Gasteiger partial charge in [-0.1, -0.05) is 55.4 Å². The van der Waals surface area contributed by atoms with E-state index < -0.39 is 0 Å². The van der Waals surface area contributed by atoms with E-state index in [-0.39, 0.29) is 17.1 Å². The highest BCUT2D eigenvalue weighted by molar-refractivity contribution is 8.00. The van der Waals surface area contributed by atoms with Crippen molar-refractivity contribution in [3.8, 4) is 11.4 Å². The standard InChI is InChI=1S/C16H23N5OS/c1-10(2)13(15(22)20(4)5)23-16-19-18-14(21(16)17)12-8-6-11(3)7-9-12/h6-10,13H,17H2,1-5H3/t13-/m1/s1. The van der Waals surface area contributed by atoms with Crippen molar-refractivity contribution in [2.45, 2.75) is 31.2 Å². The molecule has 0 spiro atoms. The van der Waals surface area contributed by atoms with Gasteiger partial charge < -0.3 is 10.7 Å². The molecule has 0 fully saturated rings. The molecule has 124 valence electrons. The Labute approximate surface area is 141 Å². The van der Waals surface area contributed by atoms with Gasteiger partial charge in [-0.05, 0) is 12.8 Å². The molecule has 1 atom stereocenters. The quantitative estimate of drug-likeness (QED) is 0.670. The molecule has 1 aromatic heterocycles. The molecule has 0 aliphatic heterocycles. The number of hydrogen-bond donors (Lipinski definition) is 1. The first-order valence-corrected chi connectivity index (χ1v) is 8.34. The van der Waals surface area contributed by atoms with Crippen LogP contribution in [0, 0.1) is 12.8 Å². The molecule has 2 rings (SSSR count). The third-order valence-electron chi connectivity index (χ3n) is 3.50. The van der Waals surface area contributed by atoms with Crippen molar-refractivity contribution >= 4 is 17.7 Å². The molecule has 2 N–H and O–H groups in total. The second-order valence-corrected chi connectivity index (χ2v) is 7.17. The molecule has 0 bridgehead atoms. The smallest absolute Gasteiger partial charge is 0.235 e. The highest BCUT2D eigenvalue weighted by Crippen LogP contribution is 2.29. The Morgan fingerprint density at radius 3 is 2.35 bits per heavy atom. The lowest BCUT2D eigenvalue weighted by molar-refractivity contribution is -0.128. The number of aryl methyl sites for hydroxylation is 1. The van der Waals surface area contributed by atoms with E-state index >= 15 is 0 Å². The molecular formula is C16H23N5OS. The lowest BCUT2D eigenvalue weighted by Gasteiger charge is -2.22. The predicted octanol–water partition coefficient (Wildman–Crippen LogP) is 2.17. The zero-order chi connectivity index (χ0) is 17.1. The van der Waals surface area contributed by atoms with Crippen LogP contribution in [0.2, 0.25) is 0 Å². The Kier molecular flexibility index (Phi) is 5.30. The van der Waals surface area contributed by atoms with Gasteiger partial charge in [-0.2, -0.15) is 0 Å². The van der Waals surface area contributed by atoms with E-state index in [9.17, 15) is 4.79 Å². The number of nitrogens with zero attached hydrogens (tertiary/aromatic N) is 4. The van der Waals surface area contributed by atoms with Gasteiger partial charge in [0.05, 0.1) is 5.25 Å². The minimum Gasteiger partial charge on any atom is -0.348 e. The molecule has 1 heterocycles. The highest BCUT2D eigenvalue weighted by Gasteiger charge is 2.27. The van der Waals surface area contributed by atoms with Crippen LogP contribution in [0.25, 0.3) is 11.4 Å². The van der Waals surface area contributed by atoms with Gasteiger partial charge in [0, 0.05) is 19.7 Å². The molecule has 0 aliphatic rings. The predicted molar refractivity (Wildman–Crippen MR) is 93.5 cm³/mol. The summed E-state index contributed by atoms with van der Waals surface area (Å²) in [5.41, 5.74) is 2.07. The second kappa shape index (κ2) is 7.04. The number of carbonyl (C=O) groups excluding carboxylic acids is 1. The van der Waals surface area contributed by atoms with Crippen molar-refractivity contribution in [2.75, 3.05) is 19.9 Å². The Bertz CT molecular complexity index is 678. The lowest BCUT2D eigenvalue weighted by Crippen LogP contribution is -2.35. The van der Waals surface area contributed by atoms with Crippen molar-refractivity contribution in [3.05, 3.63) is 29.8 Å². The van der Waals surface area contributed by atoms with Crippen LogP contribution in [0.1, 0.15) is 19.4 Å². The average molecular weight is 333 g/mol. The van der Waals surface area contributed by atoms with E-state index in [0.29, 0.717) is 11.0 Å². The zero-order valence-corrected chi connectivity index (χ0v) is 15.0. The van der Waals surface area contributed by atoms with E-state index in [4.69, 9.17) is 5.84 Å². The SMILES string of the molecule is Cc1ccc(-c2nnc(S[C@@H](C(=O)N(C)C)C(C)C)n2N)cc1. The minimum absolute atomic E-state index is 0.0462. The van der Waals surface area contributed by atoms with Crippen molar-refractivity contribution in [3.63, 3.8) is 0 Å². The summed E-state index contributed by atoms with van der Waals surface area (Å²) in [4.78, 5) is 13.9. The molecule has 23 heavy (non-hydrogen) atoms. The maximum atomic E-state index is 12.3. The van der Waals surface area contributed by atoms with E-state index in [0.717, 1.165) is 5.56 Å². The molecule has 0 saturated heterocycles. The van der Waals surface area contributed by atoms with Gasteiger partial charge in [-0.15, -0.1) is 10.2 Å². The third-order valence-corrected chi connectivity index (χ3v) is 4.99. The summed E-state index contributed by atoms with van der Waals surface area (Å²) in [6.45, 7) is 6.05. The number of nitrogen functional groups attached to an aromatic ring is 1. The van der Waals surface area contributed by atoms with Crippen LogP contribution >= 0.6 is 11.8 Å². The fourth-order valence-corrected chi connectivity index (χ4v) is 3.20. The van der Waals surface area contributed by atoms with Crippen molar-refractivity contribution in [2.24, 2.45) is 5.92 Å². The van der Waals surface area contributed by atoms with Crippen LogP contribution in [-0.4, -0.2) is 45.0 Å². The summed E-state index contributed by atoms with van der Waals surface area (Å²) in [6.07, 6.45) is 0. The van der Waals surface area contributed by atoms with E-state index in [2.05, 4.69) is 10.2 Å². The van der Waals surface area contributed by atoms with E-state index in [1.165, 1.54) is 22.0 Å². The first kappa shape index (κ1) is 17.3. The topological polar surface area (TPSA) is 77.0 Å². The number of thioether (sulfide) groups is 1. The maximum Gasteiger partial charge on any atom is 0.235 e. The Balaban J connectivity index is 2.27. The molecule has 0 saturated carbocycles. The van der Waals surface area contributed by atoms with Gasteiger partial charge in [0.1, 0.15) is 0 Å². The van der Waals surface area contributed by atoms with Gasteiger partial charge in [0.25, 0.3) is 0 Å². The van der Waals surface area contributed by atoms with Gasteiger partial charge in [0.2, 0.25) is 11.1 Å². The molecule has 1 aromatic carbocycles. The summed E-state index contributed by atoms with van der Waals surface area (Å²) in [5, 5.41) is 8.62. The number of hydrogen-bond acceptors (Lipinski definition) is 5. The summed E-state index contributed by atoms with van der Waals surface area (Å²) < 4.78 is 1.45. The number of amides is 1. The first-order valence-electron chi connectivity index (χ1n) is 7.46. The highest BCUT2D eigenvalue weighted by atomic mass is 32.2. The van der Waals surface area contributed by atoms with Crippen molar-refractivity contribution in [1.82, 2.24) is 19.8 Å². The maximum absolute atomic E-state index is 12.3. The van der Waals surface area contributed by atoms with Crippen molar-refractivity contribution < 1.29 is 4.79 Å². The van der Waals surface area contributed by atoms with Gasteiger partial charge in [-0.25, -0.2) is 4.68 Å². The van der Waals surface area contributed by atoms with Crippen LogP contribution in [0.5, 0.6) is 0 Å². The van der Waals surface area contributed by atoms with Crippen LogP contribution in [0.4, 0.5) is 0 Å². The first-order chi connectivity index (χ1) is 10.8. The number of rotatable bonds is 5. The van der Waals surface area contributed by atoms with Crippen LogP contribution in [0.15, 0.2) is 29.4 Å². The zero-order valence-electron chi connectivity index (χ0n) is 14.1. The van der Waals surface area contributed by atoms with E-state index in [1.54, 1.807) is 19.0 Å². The summed E-state index contributed by atoms with van der Waals surface area (Å²) in [5.74, 6) is 6.94. The molecule has 2 aromatic rings. The fraction of sp³-hybridized carbons (Fsp3) is 0.438. The second-order valence-electron chi connectivity index (χ2n) is 6.06. The molecule has 1 amide bonds. The monoisotopic (exact) mass is 333 g/mol. The lowest BCUT2D eigenvalue weighted by atomic mass is 10.1. The number of aromatic nitrogens is 3. The van der Waals surface area contributed by atoms with Crippen LogP contribution in [0.3, 0.4) is 0 Å². The van der Waals surface area contributed by atoms with Crippen molar-refractivity contribution in [1.29, 1.82) is 0 Å². The Hall–Kier alpha value is -2.02. The van der Waals surface area contributed by atoms with Gasteiger partial charge in [0.15, 0.2) is 5.82 Å². The Morgan fingerprint density at radius 1 is 1.22 bits per heavy atom. The minimum atomic E-state index is -0.248. The summed E-state index contributed by atoms with van der Waals surface area (Å²) >= 11 is 1.35. The van der Waals surface area contributed by atoms with Crippen LogP contribution < -0.4 is 5.84 Å². The number of carbonyl (C=O) groups is 1. The third kappa shape index (κ3) is 3.85. The fourth-order valence-electron chi connectivity index (χ4n) is 2.10. The van der Waals surface area contributed by atoms with Gasteiger partial charge in [-0.3, -0.25) is 4.79 Å². The number of benzene rings is 1. The molecule has 0 radical (unpaired) electrons. The molecule has 0 aliphatic carbocycles.